The van der Waals surface area contributed by atoms with Crippen LogP contribution in [-0.2, 0) is 5.33 Å². The highest BCUT2D eigenvalue weighted by molar-refractivity contribution is 9.08. The molecule has 0 nitrogen and oxygen atoms in total. The third-order valence-electron chi connectivity index (χ3n) is 1.54. The molecule has 0 aliphatic heterocycles. The zero-order valence-electron chi connectivity index (χ0n) is 6.00. The molecule has 0 atom stereocenters. The molecule has 0 bridgehead atoms. The average Bonchev–Trinajstić information content (AvgIpc) is 2.01. The van der Waals surface area contributed by atoms with Gasteiger partial charge in [0.1, 0.15) is 5.82 Å². The van der Waals surface area contributed by atoms with Gasteiger partial charge in [0.05, 0.1) is 0 Å². The minimum atomic E-state index is -0.214. The molecule has 1 rings (SSSR count). The van der Waals surface area contributed by atoms with Crippen LogP contribution in [0.2, 0.25) is 5.02 Å². The van der Waals surface area contributed by atoms with Crippen molar-refractivity contribution >= 4 is 27.5 Å². The molecular formula is C8H7BrClF. The van der Waals surface area contributed by atoms with Gasteiger partial charge in [-0.05, 0) is 18.6 Å². The maximum absolute atomic E-state index is 13.1. The van der Waals surface area contributed by atoms with Gasteiger partial charge < -0.3 is 0 Å². The smallest absolute Gasteiger partial charge is 0.131 e. The number of hydrogen-bond acceptors (Lipinski definition) is 0. The fraction of sp³-hybridized carbons (Fsp3) is 0.250. The Kier molecular flexibility index (Phi) is 2.90. The maximum Gasteiger partial charge on any atom is 0.131 e. The molecule has 0 amide bonds. The fourth-order valence-electron chi connectivity index (χ4n) is 0.821. The molecule has 0 aliphatic carbocycles. The first kappa shape index (κ1) is 9.01. The monoisotopic (exact) mass is 236 g/mol. The van der Waals surface area contributed by atoms with Crippen LogP contribution >= 0.6 is 27.5 Å². The zero-order chi connectivity index (χ0) is 8.43. The van der Waals surface area contributed by atoms with Crippen LogP contribution in [0.1, 0.15) is 11.1 Å². The van der Waals surface area contributed by atoms with E-state index in [9.17, 15) is 4.39 Å². The molecule has 1 aromatic rings. The Bertz CT molecular complexity index is 273. The van der Waals surface area contributed by atoms with E-state index >= 15 is 0 Å². The van der Waals surface area contributed by atoms with Gasteiger partial charge in [-0.15, -0.1) is 0 Å². The normalized spacial score (nSPS) is 10.2. The predicted octanol–water partition coefficient (Wildman–Crippen LogP) is 3.68. The van der Waals surface area contributed by atoms with Crippen LogP contribution < -0.4 is 0 Å². The number of hydrogen-bond donors (Lipinski definition) is 0. The summed E-state index contributed by atoms with van der Waals surface area (Å²) in [6.45, 7) is 1.67. The van der Waals surface area contributed by atoms with Crippen molar-refractivity contribution < 1.29 is 4.39 Å². The van der Waals surface area contributed by atoms with Crippen molar-refractivity contribution in [1.29, 1.82) is 0 Å². The highest BCUT2D eigenvalue weighted by atomic mass is 79.9. The van der Waals surface area contributed by atoms with Gasteiger partial charge in [0, 0.05) is 15.9 Å². The molecule has 0 saturated heterocycles. The Hall–Kier alpha value is -0.0800. The summed E-state index contributed by atoms with van der Waals surface area (Å²) in [5.74, 6) is -0.214. The average molecular weight is 237 g/mol. The number of halogens is 3. The summed E-state index contributed by atoms with van der Waals surface area (Å²) in [4.78, 5) is 0. The second kappa shape index (κ2) is 3.55. The molecule has 0 unspecified atom stereocenters. The first-order valence-corrected chi connectivity index (χ1v) is 4.66. The SMILES string of the molecule is Cc1c(Cl)ccc(CBr)c1F. The van der Waals surface area contributed by atoms with E-state index in [1.54, 1.807) is 19.1 Å². The predicted molar refractivity (Wildman–Crippen MR) is 48.8 cm³/mol. The molecule has 0 spiro atoms. The van der Waals surface area contributed by atoms with Gasteiger partial charge in [-0.3, -0.25) is 0 Å². The first-order valence-electron chi connectivity index (χ1n) is 3.16. The minimum Gasteiger partial charge on any atom is -0.206 e. The third-order valence-corrected chi connectivity index (χ3v) is 2.56. The Morgan fingerprint density at radius 2 is 2.18 bits per heavy atom. The van der Waals surface area contributed by atoms with E-state index in [4.69, 9.17) is 11.6 Å². The van der Waals surface area contributed by atoms with Crippen LogP contribution in [0.25, 0.3) is 0 Å². The van der Waals surface area contributed by atoms with E-state index < -0.39 is 0 Å². The van der Waals surface area contributed by atoms with Crippen molar-refractivity contribution in [2.24, 2.45) is 0 Å². The largest absolute Gasteiger partial charge is 0.206 e. The van der Waals surface area contributed by atoms with Crippen molar-refractivity contribution in [3.63, 3.8) is 0 Å². The van der Waals surface area contributed by atoms with Gasteiger partial charge in [0.15, 0.2) is 0 Å². The summed E-state index contributed by atoms with van der Waals surface area (Å²) in [5, 5.41) is 1.00. The van der Waals surface area contributed by atoms with Crippen LogP contribution in [0.5, 0.6) is 0 Å². The maximum atomic E-state index is 13.1. The lowest BCUT2D eigenvalue weighted by Gasteiger charge is -2.03. The molecule has 0 N–H and O–H groups in total. The summed E-state index contributed by atoms with van der Waals surface area (Å²) in [6.07, 6.45) is 0. The zero-order valence-corrected chi connectivity index (χ0v) is 8.34. The van der Waals surface area contributed by atoms with E-state index in [1.165, 1.54) is 0 Å². The summed E-state index contributed by atoms with van der Waals surface area (Å²) < 4.78 is 13.1. The molecule has 0 fully saturated rings. The standard InChI is InChI=1S/C8H7BrClF/c1-5-7(10)3-2-6(4-9)8(5)11/h2-3H,4H2,1H3. The number of alkyl halides is 1. The second-order valence-corrected chi connectivity index (χ2v) is 3.25. The van der Waals surface area contributed by atoms with Gasteiger partial charge in [-0.1, -0.05) is 33.6 Å². The van der Waals surface area contributed by atoms with Crippen molar-refractivity contribution in [2.45, 2.75) is 12.3 Å². The van der Waals surface area contributed by atoms with Crippen LogP contribution in [0.3, 0.4) is 0 Å². The van der Waals surface area contributed by atoms with Gasteiger partial charge >= 0.3 is 0 Å². The van der Waals surface area contributed by atoms with Crippen molar-refractivity contribution in [1.82, 2.24) is 0 Å². The molecule has 3 heteroatoms. The quantitative estimate of drug-likeness (QED) is 0.654. The Morgan fingerprint density at radius 3 is 2.73 bits per heavy atom. The van der Waals surface area contributed by atoms with E-state index in [1.807, 2.05) is 0 Å². The molecule has 0 aliphatic rings. The van der Waals surface area contributed by atoms with E-state index in [0.29, 0.717) is 21.5 Å². The second-order valence-electron chi connectivity index (χ2n) is 2.28. The van der Waals surface area contributed by atoms with Crippen LogP contribution in [-0.4, -0.2) is 0 Å². The lowest BCUT2D eigenvalue weighted by Crippen LogP contribution is -1.90. The number of rotatable bonds is 1. The van der Waals surface area contributed by atoms with E-state index in [-0.39, 0.29) is 5.82 Å². The summed E-state index contributed by atoms with van der Waals surface area (Å²) in [5.41, 5.74) is 1.16. The molecule has 11 heavy (non-hydrogen) atoms. The Labute approximate surface area is 78.5 Å². The van der Waals surface area contributed by atoms with Crippen LogP contribution in [0.4, 0.5) is 4.39 Å². The molecular weight excluding hydrogens is 230 g/mol. The lowest BCUT2D eigenvalue weighted by molar-refractivity contribution is 0.608. The van der Waals surface area contributed by atoms with Crippen LogP contribution in [0, 0.1) is 12.7 Å². The van der Waals surface area contributed by atoms with Gasteiger partial charge in [0.25, 0.3) is 0 Å². The summed E-state index contributed by atoms with van der Waals surface area (Å²) >= 11 is 8.87. The molecule has 0 heterocycles. The van der Waals surface area contributed by atoms with E-state index in [0.717, 1.165) is 0 Å². The molecule has 0 aromatic heterocycles. The Morgan fingerprint density at radius 1 is 1.55 bits per heavy atom. The van der Waals surface area contributed by atoms with E-state index in [2.05, 4.69) is 15.9 Å². The topological polar surface area (TPSA) is 0 Å². The highest BCUT2D eigenvalue weighted by Gasteiger charge is 2.06. The van der Waals surface area contributed by atoms with Crippen molar-refractivity contribution in [3.8, 4) is 0 Å². The highest BCUT2D eigenvalue weighted by Crippen LogP contribution is 2.22. The molecule has 60 valence electrons. The van der Waals surface area contributed by atoms with Gasteiger partial charge in [0.2, 0.25) is 0 Å². The van der Waals surface area contributed by atoms with Crippen LogP contribution in [0.15, 0.2) is 12.1 Å². The molecule has 1 aromatic carbocycles. The summed E-state index contributed by atoms with van der Waals surface area (Å²) in [7, 11) is 0. The first-order chi connectivity index (χ1) is 5.16. The third kappa shape index (κ3) is 1.74. The fourth-order valence-corrected chi connectivity index (χ4v) is 1.40. The minimum absolute atomic E-state index is 0.214. The van der Waals surface area contributed by atoms with Crippen molar-refractivity contribution in [3.05, 3.63) is 34.1 Å². The molecule has 0 radical (unpaired) electrons. The van der Waals surface area contributed by atoms with Gasteiger partial charge in [-0.2, -0.15) is 0 Å². The molecule has 0 saturated carbocycles. The van der Waals surface area contributed by atoms with Crippen molar-refractivity contribution in [2.75, 3.05) is 0 Å². The summed E-state index contributed by atoms with van der Waals surface area (Å²) in [6, 6.07) is 3.38. The lowest BCUT2D eigenvalue weighted by atomic mass is 10.1. The number of benzene rings is 1. The Balaban J connectivity index is 3.25. The van der Waals surface area contributed by atoms with Gasteiger partial charge in [-0.25, -0.2) is 4.39 Å².